The normalized spacial score (nSPS) is 18.8. The van der Waals surface area contributed by atoms with Crippen LogP contribution in [-0.4, -0.2) is 11.5 Å². The molecule has 1 fully saturated rings. The number of nitrogens with one attached hydrogen (secondary N) is 1. The van der Waals surface area contributed by atoms with Crippen molar-refractivity contribution in [2.45, 2.75) is 64.8 Å². The van der Waals surface area contributed by atoms with E-state index in [-0.39, 0.29) is 0 Å². The molecule has 1 saturated carbocycles. The largest absolute Gasteiger partial charge is 0.309 e. The van der Waals surface area contributed by atoms with Crippen molar-refractivity contribution in [1.82, 2.24) is 10.3 Å². The number of rotatable bonds is 5. The Balaban J connectivity index is 2.06. The Hall–Kier alpha value is -0.410. The van der Waals surface area contributed by atoms with Gasteiger partial charge in [-0.15, -0.1) is 11.3 Å². The standard InChI is InChI=1S/C14H24N2S/c1-4-9-15-10(2)13-11(3)16-14(17-13)12-7-5-6-8-12/h10,12,15H,4-9H2,1-3H3. The lowest BCUT2D eigenvalue weighted by molar-refractivity contribution is 0.575. The molecule has 1 aliphatic carbocycles. The lowest BCUT2D eigenvalue weighted by Gasteiger charge is -2.11. The summed E-state index contributed by atoms with van der Waals surface area (Å²) < 4.78 is 0. The van der Waals surface area contributed by atoms with Crippen LogP contribution in [0.1, 0.15) is 73.5 Å². The molecule has 0 aliphatic heterocycles. The molecule has 1 N–H and O–H groups in total. The van der Waals surface area contributed by atoms with Crippen molar-refractivity contribution in [3.8, 4) is 0 Å². The smallest absolute Gasteiger partial charge is 0.0962 e. The number of aryl methyl sites for hydroxylation is 1. The molecule has 1 heterocycles. The van der Waals surface area contributed by atoms with Crippen molar-refractivity contribution < 1.29 is 0 Å². The summed E-state index contributed by atoms with van der Waals surface area (Å²) in [5, 5.41) is 4.95. The van der Waals surface area contributed by atoms with Crippen molar-refractivity contribution >= 4 is 11.3 Å². The zero-order valence-corrected chi connectivity index (χ0v) is 12.1. The van der Waals surface area contributed by atoms with Gasteiger partial charge in [-0.05, 0) is 39.7 Å². The SMILES string of the molecule is CCCNC(C)c1sc(C2CCCC2)nc1C. The van der Waals surface area contributed by atoms with Crippen LogP contribution >= 0.6 is 11.3 Å². The van der Waals surface area contributed by atoms with E-state index >= 15 is 0 Å². The first kappa shape index (κ1) is 13.0. The molecule has 96 valence electrons. The summed E-state index contributed by atoms with van der Waals surface area (Å²) in [6.45, 7) is 7.73. The van der Waals surface area contributed by atoms with Crippen LogP contribution in [0.3, 0.4) is 0 Å². The molecule has 0 spiro atoms. The number of hydrogen-bond donors (Lipinski definition) is 1. The Morgan fingerprint density at radius 2 is 2.12 bits per heavy atom. The summed E-state index contributed by atoms with van der Waals surface area (Å²) in [4.78, 5) is 6.25. The van der Waals surface area contributed by atoms with Crippen LogP contribution in [0.4, 0.5) is 0 Å². The molecule has 2 nitrogen and oxygen atoms in total. The van der Waals surface area contributed by atoms with Gasteiger partial charge < -0.3 is 5.32 Å². The van der Waals surface area contributed by atoms with Gasteiger partial charge in [0.25, 0.3) is 0 Å². The van der Waals surface area contributed by atoms with Crippen LogP contribution in [0, 0.1) is 6.92 Å². The van der Waals surface area contributed by atoms with Crippen LogP contribution in [0.5, 0.6) is 0 Å². The molecular weight excluding hydrogens is 228 g/mol. The summed E-state index contributed by atoms with van der Waals surface area (Å²) in [5.74, 6) is 0.755. The van der Waals surface area contributed by atoms with Gasteiger partial charge in [-0.3, -0.25) is 0 Å². The molecular formula is C14H24N2S. The Morgan fingerprint density at radius 3 is 2.76 bits per heavy atom. The van der Waals surface area contributed by atoms with Gasteiger partial charge >= 0.3 is 0 Å². The van der Waals surface area contributed by atoms with Crippen molar-refractivity contribution in [2.24, 2.45) is 0 Å². The fraction of sp³-hybridized carbons (Fsp3) is 0.786. The van der Waals surface area contributed by atoms with E-state index in [1.807, 2.05) is 11.3 Å². The molecule has 0 amide bonds. The summed E-state index contributed by atoms with van der Waals surface area (Å²) in [5.41, 5.74) is 1.24. The lowest BCUT2D eigenvalue weighted by atomic mass is 10.1. The van der Waals surface area contributed by atoms with E-state index < -0.39 is 0 Å². The summed E-state index contributed by atoms with van der Waals surface area (Å²) in [6, 6.07) is 0.461. The Kier molecular flexibility index (Phi) is 4.57. The van der Waals surface area contributed by atoms with Crippen LogP contribution in [-0.2, 0) is 0 Å². The minimum absolute atomic E-state index is 0.461. The Labute approximate surface area is 109 Å². The van der Waals surface area contributed by atoms with Crippen molar-refractivity contribution in [2.75, 3.05) is 6.54 Å². The molecule has 1 aromatic heterocycles. The topological polar surface area (TPSA) is 24.9 Å². The highest BCUT2D eigenvalue weighted by atomic mass is 32.1. The third kappa shape index (κ3) is 3.08. The number of aromatic nitrogens is 1. The Bertz CT molecular complexity index is 353. The maximum absolute atomic E-state index is 4.80. The molecule has 1 aromatic rings. The second-order valence-electron chi connectivity index (χ2n) is 5.16. The second kappa shape index (κ2) is 5.96. The van der Waals surface area contributed by atoms with E-state index in [9.17, 15) is 0 Å². The van der Waals surface area contributed by atoms with Gasteiger partial charge in [0.2, 0.25) is 0 Å². The average molecular weight is 252 g/mol. The first-order valence-electron chi connectivity index (χ1n) is 6.93. The number of hydrogen-bond acceptors (Lipinski definition) is 3. The van der Waals surface area contributed by atoms with E-state index in [1.165, 1.54) is 47.7 Å². The fourth-order valence-electron chi connectivity index (χ4n) is 2.63. The van der Waals surface area contributed by atoms with Gasteiger partial charge in [0.1, 0.15) is 0 Å². The molecule has 17 heavy (non-hydrogen) atoms. The molecule has 0 saturated heterocycles. The molecule has 3 heteroatoms. The van der Waals surface area contributed by atoms with Crippen molar-refractivity contribution in [3.05, 3.63) is 15.6 Å². The van der Waals surface area contributed by atoms with Gasteiger partial charge in [0.15, 0.2) is 0 Å². The molecule has 1 aliphatic rings. The minimum atomic E-state index is 0.461. The maximum atomic E-state index is 4.80. The zero-order valence-electron chi connectivity index (χ0n) is 11.3. The van der Waals surface area contributed by atoms with Crippen LogP contribution in [0.25, 0.3) is 0 Å². The quantitative estimate of drug-likeness (QED) is 0.850. The molecule has 2 rings (SSSR count). The first-order chi connectivity index (χ1) is 8.22. The highest BCUT2D eigenvalue weighted by Crippen LogP contribution is 2.38. The van der Waals surface area contributed by atoms with E-state index in [1.54, 1.807) is 0 Å². The maximum Gasteiger partial charge on any atom is 0.0962 e. The van der Waals surface area contributed by atoms with Crippen molar-refractivity contribution in [3.63, 3.8) is 0 Å². The summed E-state index contributed by atoms with van der Waals surface area (Å²) in [6.07, 6.45) is 6.68. The number of thiazole rings is 1. The zero-order chi connectivity index (χ0) is 12.3. The van der Waals surface area contributed by atoms with Crippen molar-refractivity contribution in [1.29, 1.82) is 0 Å². The second-order valence-corrected chi connectivity index (χ2v) is 6.22. The molecule has 1 atom stereocenters. The Morgan fingerprint density at radius 1 is 1.41 bits per heavy atom. The first-order valence-corrected chi connectivity index (χ1v) is 7.74. The predicted molar refractivity (Wildman–Crippen MR) is 74.8 cm³/mol. The predicted octanol–water partition coefficient (Wildman–Crippen LogP) is 4.17. The summed E-state index contributed by atoms with van der Waals surface area (Å²) >= 11 is 1.94. The van der Waals surface area contributed by atoms with Crippen LogP contribution in [0.15, 0.2) is 0 Å². The van der Waals surface area contributed by atoms with E-state index in [4.69, 9.17) is 4.98 Å². The van der Waals surface area contributed by atoms with E-state index in [0.29, 0.717) is 6.04 Å². The van der Waals surface area contributed by atoms with Crippen LogP contribution in [0.2, 0.25) is 0 Å². The van der Waals surface area contributed by atoms with E-state index in [0.717, 1.165) is 12.5 Å². The van der Waals surface area contributed by atoms with Gasteiger partial charge in [-0.1, -0.05) is 19.8 Å². The van der Waals surface area contributed by atoms with Crippen LogP contribution < -0.4 is 5.32 Å². The average Bonchev–Trinajstić information content (AvgIpc) is 2.94. The third-order valence-electron chi connectivity index (χ3n) is 3.65. The highest BCUT2D eigenvalue weighted by Gasteiger charge is 2.22. The lowest BCUT2D eigenvalue weighted by Crippen LogP contribution is -2.18. The molecule has 0 bridgehead atoms. The fourth-order valence-corrected chi connectivity index (χ4v) is 3.90. The van der Waals surface area contributed by atoms with Gasteiger partial charge in [0, 0.05) is 16.8 Å². The molecule has 0 radical (unpaired) electrons. The number of nitrogens with zero attached hydrogens (tertiary/aromatic N) is 1. The monoisotopic (exact) mass is 252 g/mol. The summed E-state index contributed by atoms with van der Waals surface area (Å²) in [7, 11) is 0. The van der Waals surface area contributed by atoms with Gasteiger partial charge in [-0.2, -0.15) is 0 Å². The minimum Gasteiger partial charge on any atom is -0.309 e. The van der Waals surface area contributed by atoms with Gasteiger partial charge in [0.05, 0.1) is 10.7 Å². The molecule has 1 unspecified atom stereocenters. The molecule has 0 aromatic carbocycles. The third-order valence-corrected chi connectivity index (χ3v) is 5.15. The van der Waals surface area contributed by atoms with Gasteiger partial charge in [-0.25, -0.2) is 4.98 Å². The van der Waals surface area contributed by atoms with E-state index in [2.05, 4.69) is 26.1 Å². The highest BCUT2D eigenvalue weighted by molar-refractivity contribution is 7.11.